The van der Waals surface area contributed by atoms with Crippen LogP contribution in [0.2, 0.25) is 5.02 Å². The number of halogens is 2. The zero-order chi connectivity index (χ0) is 14.0. The summed E-state index contributed by atoms with van der Waals surface area (Å²) in [4.78, 5) is 12.2. The average Bonchev–Trinajstić information content (AvgIpc) is 2.32. The van der Waals surface area contributed by atoms with Gasteiger partial charge in [0.1, 0.15) is 0 Å². The van der Waals surface area contributed by atoms with E-state index in [1.807, 2.05) is 38.1 Å². The average molecular weight is 386 g/mol. The summed E-state index contributed by atoms with van der Waals surface area (Å²) in [5, 5.41) is 3.36. The first kappa shape index (κ1) is 14.3. The maximum absolute atomic E-state index is 12.2. The largest absolute Gasteiger partial charge is 0.322 e. The van der Waals surface area contributed by atoms with Gasteiger partial charge < -0.3 is 5.32 Å². The Bertz CT molecular complexity index is 640. The lowest BCUT2D eigenvalue weighted by Gasteiger charge is -2.10. The molecule has 2 rings (SSSR count). The van der Waals surface area contributed by atoms with E-state index in [2.05, 4.69) is 27.9 Å². The van der Waals surface area contributed by atoms with Crippen LogP contribution in [0, 0.1) is 17.4 Å². The maximum atomic E-state index is 12.2. The van der Waals surface area contributed by atoms with Crippen LogP contribution in [0.1, 0.15) is 21.5 Å². The molecule has 98 valence electrons. The number of benzene rings is 2. The highest BCUT2D eigenvalue weighted by Gasteiger charge is 2.11. The Morgan fingerprint density at radius 1 is 1.16 bits per heavy atom. The monoisotopic (exact) mass is 385 g/mol. The van der Waals surface area contributed by atoms with E-state index in [0.29, 0.717) is 10.6 Å². The fraction of sp³-hybridized carbons (Fsp3) is 0.133. The standard InChI is InChI=1S/C15H13ClINO/c1-9-3-5-12(13(16)7-9)15(19)18-14-6-4-11(17)8-10(14)2/h3-8H,1-2H3,(H,18,19). The van der Waals surface area contributed by atoms with E-state index in [-0.39, 0.29) is 5.91 Å². The number of amides is 1. The van der Waals surface area contributed by atoms with Gasteiger partial charge in [0, 0.05) is 9.26 Å². The van der Waals surface area contributed by atoms with Gasteiger partial charge in [0.15, 0.2) is 0 Å². The highest BCUT2D eigenvalue weighted by Crippen LogP contribution is 2.22. The minimum atomic E-state index is -0.186. The smallest absolute Gasteiger partial charge is 0.257 e. The maximum Gasteiger partial charge on any atom is 0.257 e. The molecule has 0 aromatic heterocycles. The molecule has 0 atom stereocenters. The molecule has 4 heteroatoms. The van der Waals surface area contributed by atoms with E-state index in [1.54, 1.807) is 12.1 Å². The summed E-state index contributed by atoms with van der Waals surface area (Å²) in [6.07, 6.45) is 0. The molecule has 0 saturated carbocycles. The lowest BCUT2D eigenvalue weighted by molar-refractivity contribution is 0.102. The zero-order valence-electron chi connectivity index (χ0n) is 10.6. The van der Waals surface area contributed by atoms with E-state index in [4.69, 9.17) is 11.6 Å². The Hall–Kier alpha value is -1.07. The van der Waals surface area contributed by atoms with Crippen molar-refractivity contribution in [3.8, 4) is 0 Å². The molecule has 1 amide bonds. The first-order valence-electron chi connectivity index (χ1n) is 5.81. The second kappa shape index (κ2) is 5.92. The molecular formula is C15H13ClINO. The molecule has 0 radical (unpaired) electrons. The van der Waals surface area contributed by atoms with Gasteiger partial charge in [-0.15, -0.1) is 0 Å². The van der Waals surface area contributed by atoms with Crippen molar-refractivity contribution in [2.24, 2.45) is 0 Å². The van der Waals surface area contributed by atoms with Crippen molar-refractivity contribution >= 4 is 45.8 Å². The van der Waals surface area contributed by atoms with Gasteiger partial charge in [0.2, 0.25) is 0 Å². The first-order valence-corrected chi connectivity index (χ1v) is 7.26. The number of hydrogen-bond acceptors (Lipinski definition) is 1. The first-order chi connectivity index (χ1) is 8.97. The van der Waals surface area contributed by atoms with E-state index < -0.39 is 0 Å². The Morgan fingerprint density at radius 2 is 1.89 bits per heavy atom. The molecule has 0 unspecified atom stereocenters. The van der Waals surface area contributed by atoms with Crippen molar-refractivity contribution in [2.45, 2.75) is 13.8 Å². The number of anilines is 1. The van der Waals surface area contributed by atoms with Crippen LogP contribution in [0.4, 0.5) is 5.69 Å². The van der Waals surface area contributed by atoms with Crippen LogP contribution < -0.4 is 5.32 Å². The highest BCUT2D eigenvalue weighted by atomic mass is 127. The molecule has 0 aliphatic heterocycles. The molecule has 0 saturated heterocycles. The van der Waals surface area contributed by atoms with Crippen molar-refractivity contribution in [2.75, 3.05) is 5.32 Å². The Morgan fingerprint density at radius 3 is 2.53 bits per heavy atom. The molecule has 0 spiro atoms. The SMILES string of the molecule is Cc1ccc(C(=O)Nc2ccc(I)cc2C)c(Cl)c1. The number of carbonyl (C=O) groups is 1. The van der Waals surface area contributed by atoms with Gasteiger partial charge in [-0.25, -0.2) is 0 Å². The molecular weight excluding hydrogens is 373 g/mol. The zero-order valence-corrected chi connectivity index (χ0v) is 13.5. The van der Waals surface area contributed by atoms with Crippen LogP contribution in [0.15, 0.2) is 36.4 Å². The summed E-state index contributed by atoms with van der Waals surface area (Å²) in [5.41, 5.74) is 3.36. The summed E-state index contributed by atoms with van der Waals surface area (Å²) < 4.78 is 1.14. The predicted octanol–water partition coefficient (Wildman–Crippen LogP) is 4.81. The number of rotatable bonds is 2. The third-order valence-electron chi connectivity index (χ3n) is 2.81. The van der Waals surface area contributed by atoms with E-state index in [1.165, 1.54) is 0 Å². The van der Waals surface area contributed by atoms with Crippen LogP contribution >= 0.6 is 34.2 Å². The fourth-order valence-electron chi connectivity index (χ4n) is 1.76. The topological polar surface area (TPSA) is 29.1 Å². The van der Waals surface area contributed by atoms with Gasteiger partial charge in [0.25, 0.3) is 5.91 Å². The number of hydrogen-bond donors (Lipinski definition) is 1. The summed E-state index contributed by atoms with van der Waals surface area (Å²) in [5.74, 6) is -0.186. The van der Waals surface area contributed by atoms with Crippen molar-refractivity contribution in [1.82, 2.24) is 0 Å². The molecule has 0 fully saturated rings. The predicted molar refractivity (Wildman–Crippen MR) is 88.0 cm³/mol. The molecule has 0 aliphatic rings. The summed E-state index contributed by atoms with van der Waals surface area (Å²) >= 11 is 8.34. The molecule has 1 N–H and O–H groups in total. The van der Waals surface area contributed by atoms with Gasteiger partial charge in [-0.3, -0.25) is 4.79 Å². The minimum Gasteiger partial charge on any atom is -0.322 e. The summed E-state index contributed by atoms with van der Waals surface area (Å²) in [6, 6.07) is 11.3. The normalized spacial score (nSPS) is 10.3. The van der Waals surface area contributed by atoms with Crippen LogP contribution in [-0.2, 0) is 0 Å². The molecule has 2 aromatic rings. The summed E-state index contributed by atoms with van der Waals surface area (Å²) in [7, 11) is 0. The molecule has 0 bridgehead atoms. The van der Waals surface area contributed by atoms with Crippen molar-refractivity contribution in [3.63, 3.8) is 0 Å². The minimum absolute atomic E-state index is 0.186. The molecule has 2 aromatic carbocycles. The van der Waals surface area contributed by atoms with Crippen LogP contribution in [0.25, 0.3) is 0 Å². The van der Waals surface area contributed by atoms with Gasteiger partial charge in [-0.1, -0.05) is 17.7 Å². The highest BCUT2D eigenvalue weighted by molar-refractivity contribution is 14.1. The summed E-state index contributed by atoms with van der Waals surface area (Å²) in [6.45, 7) is 3.91. The van der Waals surface area contributed by atoms with Gasteiger partial charge >= 0.3 is 0 Å². The van der Waals surface area contributed by atoms with Gasteiger partial charge in [-0.2, -0.15) is 0 Å². The third kappa shape index (κ3) is 3.48. The van der Waals surface area contributed by atoms with Crippen molar-refractivity contribution in [1.29, 1.82) is 0 Å². The van der Waals surface area contributed by atoms with Crippen molar-refractivity contribution < 1.29 is 4.79 Å². The Kier molecular flexibility index (Phi) is 4.47. The molecule has 0 heterocycles. The van der Waals surface area contributed by atoms with Crippen LogP contribution in [-0.4, -0.2) is 5.91 Å². The second-order valence-electron chi connectivity index (χ2n) is 4.40. The van der Waals surface area contributed by atoms with E-state index in [9.17, 15) is 4.79 Å². The molecule has 0 aliphatic carbocycles. The third-order valence-corrected chi connectivity index (χ3v) is 3.79. The van der Waals surface area contributed by atoms with Gasteiger partial charge in [-0.05, 0) is 77.9 Å². The number of carbonyl (C=O) groups excluding carboxylic acids is 1. The molecule has 2 nitrogen and oxygen atoms in total. The van der Waals surface area contributed by atoms with Crippen molar-refractivity contribution in [3.05, 3.63) is 61.7 Å². The molecule has 19 heavy (non-hydrogen) atoms. The van der Waals surface area contributed by atoms with Gasteiger partial charge in [0.05, 0.1) is 10.6 Å². The number of aryl methyl sites for hydroxylation is 2. The second-order valence-corrected chi connectivity index (χ2v) is 6.05. The van der Waals surface area contributed by atoms with Crippen LogP contribution in [0.3, 0.4) is 0 Å². The lowest BCUT2D eigenvalue weighted by atomic mass is 10.1. The van der Waals surface area contributed by atoms with E-state index in [0.717, 1.165) is 20.4 Å². The Labute approximate surface area is 131 Å². The quantitative estimate of drug-likeness (QED) is 0.738. The van der Waals surface area contributed by atoms with E-state index >= 15 is 0 Å². The lowest BCUT2D eigenvalue weighted by Crippen LogP contribution is -2.13. The number of nitrogens with one attached hydrogen (secondary N) is 1. The van der Waals surface area contributed by atoms with Crippen LogP contribution in [0.5, 0.6) is 0 Å². The fourth-order valence-corrected chi connectivity index (χ4v) is 2.73. The Balaban J connectivity index is 2.25.